The summed E-state index contributed by atoms with van der Waals surface area (Å²) >= 11 is 0. The molecule has 71 valence electrons. The Kier molecular flexibility index (Phi) is 588. The third-order valence-electron chi connectivity index (χ3n) is 0. The van der Waals surface area contributed by atoms with E-state index in [1.807, 2.05) is 0 Å². The van der Waals surface area contributed by atoms with Gasteiger partial charge < -0.3 is 50.7 Å². The van der Waals surface area contributed by atoms with E-state index < -0.39 is 6.16 Å². The van der Waals surface area contributed by atoms with Gasteiger partial charge in [0.15, 0.2) is 0 Å². The van der Waals surface area contributed by atoms with Crippen LogP contribution in [-0.2, 0) is 17.1 Å². The second kappa shape index (κ2) is 69.9. The van der Waals surface area contributed by atoms with Crippen molar-refractivity contribution in [2.75, 3.05) is 0 Å². The Morgan fingerprint density at radius 2 is 1.18 bits per heavy atom. The van der Waals surface area contributed by atoms with Gasteiger partial charge in [-0.2, -0.15) is 0 Å². The van der Waals surface area contributed by atoms with E-state index in [0.717, 1.165) is 0 Å². The van der Waals surface area contributed by atoms with Crippen molar-refractivity contribution >= 4 is 6.16 Å². The molecule has 0 amide bonds. The van der Waals surface area contributed by atoms with Crippen molar-refractivity contribution in [2.24, 2.45) is 0 Å². The van der Waals surface area contributed by atoms with Crippen LogP contribution in [0.2, 0.25) is 0 Å². The average molecular weight is 247 g/mol. The first-order valence-electron chi connectivity index (χ1n) is 0.632. The molecule has 0 aromatic carbocycles. The summed E-state index contributed by atoms with van der Waals surface area (Å²) in [6, 6.07) is 0. The summed E-state index contributed by atoms with van der Waals surface area (Å²) in [5.41, 5.74) is 0. The second-order valence-corrected chi connectivity index (χ2v) is 0.266. The zero-order valence-corrected chi connectivity index (χ0v) is 9.46. The van der Waals surface area contributed by atoms with E-state index in [1.54, 1.807) is 0 Å². The quantitative estimate of drug-likeness (QED) is 0.417. The molecule has 0 aromatic rings. The molecule has 0 heterocycles. The van der Waals surface area contributed by atoms with Gasteiger partial charge in [0.1, 0.15) is 0 Å². The molecule has 0 aliphatic rings. The van der Waals surface area contributed by atoms with Crippen LogP contribution in [0.3, 0.4) is 0 Å². The Labute approximate surface area is 103 Å². The molecule has 0 aromatic heterocycles. The number of rotatable bonds is 0. The SMILES string of the molecule is O.O.O.O.O=C([O-])O.[Cl-].[H-].[Mn+2].[Na+]. The van der Waals surface area contributed by atoms with E-state index in [0.29, 0.717) is 0 Å². The molecule has 0 aliphatic heterocycles. The van der Waals surface area contributed by atoms with Crippen LogP contribution >= 0.6 is 0 Å². The fourth-order valence-electron chi connectivity index (χ4n) is 0. The predicted molar refractivity (Wildman–Crippen MR) is 23.6 cm³/mol. The zero-order valence-electron chi connectivity index (χ0n) is 6.52. The van der Waals surface area contributed by atoms with Gasteiger partial charge in [0, 0.05) is 0 Å². The first kappa shape index (κ1) is 92.5. The van der Waals surface area contributed by atoms with E-state index in [9.17, 15) is 0 Å². The van der Waals surface area contributed by atoms with E-state index in [1.165, 1.54) is 0 Å². The van der Waals surface area contributed by atoms with Crippen molar-refractivity contribution in [3.63, 3.8) is 0 Å². The van der Waals surface area contributed by atoms with E-state index in [2.05, 4.69) is 0 Å². The number of halogens is 1. The summed E-state index contributed by atoms with van der Waals surface area (Å²) in [4.78, 5) is 8.44. The fourth-order valence-corrected chi connectivity index (χ4v) is 0. The molecule has 0 saturated carbocycles. The number of carboxylic acid groups (broad SMARTS) is 2. The summed E-state index contributed by atoms with van der Waals surface area (Å²) in [6.07, 6.45) is -2.08. The first-order valence-corrected chi connectivity index (χ1v) is 0.632. The smallest absolute Gasteiger partial charge is 1.00 e. The maximum Gasteiger partial charge on any atom is 2.00 e. The van der Waals surface area contributed by atoms with Crippen molar-refractivity contribution in [2.45, 2.75) is 0 Å². The molecule has 0 rings (SSSR count). The van der Waals surface area contributed by atoms with Crippen LogP contribution < -0.4 is 47.1 Å². The van der Waals surface area contributed by atoms with Gasteiger partial charge in [-0.25, -0.2) is 0 Å². The van der Waals surface area contributed by atoms with Crippen molar-refractivity contribution in [1.29, 1.82) is 0 Å². The third-order valence-corrected chi connectivity index (χ3v) is 0. The minimum Gasteiger partial charge on any atom is -1.00 e. The third kappa shape index (κ3) is 1030. The monoisotopic (exact) mass is 247 g/mol. The molecular formula is CH10ClMnNaO7. The predicted octanol–water partition coefficient (Wildman–Crippen LogP) is -10.3. The van der Waals surface area contributed by atoms with Gasteiger partial charge in [-0.05, 0) is 0 Å². The van der Waals surface area contributed by atoms with Crippen LogP contribution in [-0.4, -0.2) is 33.2 Å². The summed E-state index contributed by atoms with van der Waals surface area (Å²) < 4.78 is 0. The Bertz CT molecular complexity index is 46.4. The van der Waals surface area contributed by atoms with E-state index >= 15 is 0 Å². The molecule has 0 fully saturated rings. The molecule has 10 heteroatoms. The van der Waals surface area contributed by atoms with Gasteiger partial charge in [0.25, 0.3) is 0 Å². The molecular weight excluding hydrogens is 237 g/mol. The standard InChI is InChI=1S/CH2O3.ClH.Mn.Na.4H2O.H/c2-1(3)4;;;;;;;;/h(H2,2,3,4);1H;;;4*1H2;/q;;+2;+1;;;;;-1/p-2. The maximum absolute atomic E-state index is 8.44. The van der Waals surface area contributed by atoms with Crippen LogP contribution in [0.4, 0.5) is 4.79 Å². The van der Waals surface area contributed by atoms with Crippen LogP contribution in [0.1, 0.15) is 1.43 Å². The number of hydrogen-bond acceptors (Lipinski definition) is 2. The van der Waals surface area contributed by atoms with Crippen LogP contribution in [0, 0.1) is 0 Å². The molecule has 0 atom stereocenters. The van der Waals surface area contributed by atoms with E-state index in [-0.39, 0.29) is 82.4 Å². The molecule has 0 saturated heterocycles. The molecule has 0 aliphatic carbocycles. The molecule has 7 nitrogen and oxygen atoms in total. The minimum atomic E-state index is -2.08. The van der Waals surface area contributed by atoms with Crippen LogP contribution in [0.15, 0.2) is 0 Å². The van der Waals surface area contributed by atoms with Gasteiger partial charge in [-0.15, -0.1) is 0 Å². The van der Waals surface area contributed by atoms with Gasteiger partial charge in [-0.1, -0.05) is 0 Å². The topological polar surface area (TPSA) is 186 Å². The van der Waals surface area contributed by atoms with Crippen molar-refractivity contribution in [3.8, 4) is 0 Å². The molecule has 0 spiro atoms. The van der Waals surface area contributed by atoms with Gasteiger partial charge in [0.05, 0.1) is 0 Å². The van der Waals surface area contributed by atoms with Crippen LogP contribution in [0.25, 0.3) is 0 Å². The van der Waals surface area contributed by atoms with Crippen molar-refractivity contribution in [3.05, 3.63) is 0 Å². The average Bonchev–Trinajstić information content (AvgIpc) is 0.811. The Hall–Kier alpha value is 0.919. The van der Waals surface area contributed by atoms with Gasteiger partial charge in [0.2, 0.25) is 6.16 Å². The molecule has 0 bridgehead atoms. The number of carbonyl (C=O) groups is 1. The molecule has 0 unspecified atom stereocenters. The fraction of sp³-hybridized carbons (Fsp3) is 0. The number of hydrogen-bond donors (Lipinski definition) is 1. The zero-order chi connectivity index (χ0) is 3.58. The second-order valence-electron chi connectivity index (χ2n) is 0.266. The molecule has 1 radical (unpaired) electrons. The van der Waals surface area contributed by atoms with Crippen molar-refractivity contribution in [1.82, 2.24) is 0 Å². The largest absolute Gasteiger partial charge is 2.00 e. The van der Waals surface area contributed by atoms with Crippen molar-refractivity contribution < 1.29 is 97.4 Å². The summed E-state index contributed by atoms with van der Waals surface area (Å²) in [6.45, 7) is 0. The minimum absolute atomic E-state index is 0. The normalized spacial score (nSPS) is 2.18. The summed E-state index contributed by atoms with van der Waals surface area (Å²) in [5.74, 6) is 0. The maximum atomic E-state index is 8.44. The van der Waals surface area contributed by atoms with Gasteiger partial charge in [-0.3, -0.25) is 0 Å². The summed E-state index contributed by atoms with van der Waals surface area (Å²) in [5, 5.41) is 15.3. The Morgan fingerprint density at radius 3 is 1.18 bits per heavy atom. The summed E-state index contributed by atoms with van der Waals surface area (Å²) in [7, 11) is 0. The first-order chi connectivity index (χ1) is 1.73. The Balaban J connectivity index is -0.00000000161. The molecule has 11 heavy (non-hydrogen) atoms. The Morgan fingerprint density at radius 1 is 1.18 bits per heavy atom. The van der Waals surface area contributed by atoms with E-state index in [4.69, 9.17) is 15.0 Å². The van der Waals surface area contributed by atoms with Crippen LogP contribution in [0.5, 0.6) is 0 Å². The van der Waals surface area contributed by atoms with Gasteiger partial charge >= 0.3 is 46.6 Å². The molecule has 9 N–H and O–H groups in total.